The van der Waals surface area contributed by atoms with Crippen LogP contribution in [0, 0.1) is 0 Å². The van der Waals surface area contributed by atoms with Gasteiger partial charge in [-0.1, -0.05) is 19.2 Å². The Hall–Kier alpha value is -2.41. The molecule has 0 heterocycles. The van der Waals surface area contributed by atoms with E-state index in [9.17, 15) is 14.4 Å². The highest BCUT2D eigenvalue weighted by molar-refractivity contribution is 5.85. The predicted octanol–water partition coefficient (Wildman–Crippen LogP) is 1.83. The lowest BCUT2D eigenvalue weighted by molar-refractivity contribution is -0.158. The van der Waals surface area contributed by atoms with Crippen molar-refractivity contribution in [3.63, 3.8) is 0 Å². The summed E-state index contributed by atoms with van der Waals surface area (Å²) in [5.74, 6) is -1.81. The molecule has 1 atom stereocenters. The van der Waals surface area contributed by atoms with Gasteiger partial charge in [-0.3, -0.25) is 0 Å². The van der Waals surface area contributed by atoms with E-state index in [0.717, 1.165) is 12.2 Å². The van der Waals surface area contributed by atoms with Crippen LogP contribution in [0.3, 0.4) is 0 Å². The fraction of sp³-hybridized carbons (Fsp3) is 0.400. The Morgan fingerprint density at radius 2 is 1.64 bits per heavy atom. The third kappa shape index (κ3) is 22.7. The summed E-state index contributed by atoms with van der Waals surface area (Å²) >= 11 is 0. The Morgan fingerprint density at radius 3 is 1.73 bits per heavy atom. The van der Waals surface area contributed by atoms with Gasteiger partial charge in [0.25, 0.3) is 0 Å². The van der Waals surface area contributed by atoms with E-state index in [1.165, 1.54) is 6.92 Å². The number of carboxylic acids is 1. The molecule has 126 valence electrons. The monoisotopic (exact) mass is 316 g/mol. The number of carbonyl (C=O) groups excluding carboxylic acids is 2. The molecule has 0 saturated carbocycles. The molecule has 0 aromatic rings. The molecule has 1 unspecified atom stereocenters. The average molecular weight is 316 g/mol. The molecule has 0 aliphatic heterocycles. The first-order valence-electron chi connectivity index (χ1n) is 6.32. The maximum Gasteiger partial charge on any atom is 0.332 e. The van der Waals surface area contributed by atoms with Crippen molar-refractivity contribution >= 4 is 17.9 Å². The quantitative estimate of drug-likeness (QED) is 0.452. The summed E-state index contributed by atoms with van der Waals surface area (Å²) in [7, 11) is 0. The minimum atomic E-state index is -1.04. The molecular formula is C15H24O7. The Kier molecular flexibility index (Phi) is 18.6. The Labute approximate surface area is 130 Å². The van der Waals surface area contributed by atoms with Crippen molar-refractivity contribution in [2.24, 2.45) is 0 Å². The lowest BCUT2D eigenvalue weighted by atomic mass is 10.3. The fourth-order valence-corrected chi connectivity index (χ4v) is 0.541. The molecule has 0 aromatic heterocycles. The molecule has 7 nitrogen and oxygen atoms in total. The van der Waals surface area contributed by atoms with Crippen molar-refractivity contribution in [2.45, 2.75) is 34.0 Å². The molecule has 0 aliphatic rings. The van der Waals surface area contributed by atoms with Gasteiger partial charge >= 0.3 is 17.9 Å². The van der Waals surface area contributed by atoms with E-state index >= 15 is 0 Å². The number of hydrogen-bond donors (Lipinski definition) is 2. The molecule has 0 radical (unpaired) electrons. The van der Waals surface area contributed by atoms with E-state index in [-0.39, 0.29) is 5.97 Å². The first kappa shape index (κ1) is 24.6. The Morgan fingerprint density at radius 1 is 1.18 bits per heavy atom. The van der Waals surface area contributed by atoms with Crippen molar-refractivity contribution in [1.82, 2.24) is 0 Å². The molecule has 0 saturated heterocycles. The number of ether oxygens (including phenoxy) is 2. The highest BCUT2D eigenvalue weighted by Crippen LogP contribution is 1.87. The highest BCUT2D eigenvalue weighted by Gasteiger charge is 1.97. The molecule has 0 amide bonds. The van der Waals surface area contributed by atoms with Crippen molar-refractivity contribution in [3.8, 4) is 0 Å². The van der Waals surface area contributed by atoms with Crippen LogP contribution in [0.4, 0.5) is 0 Å². The second kappa shape index (κ2) is 16.6. The minimum Gasteiger partial charge on any atom is -0.478 e. The Bertz CT molecular complexity index is 395. The van der Waals surface area contributed by atoms with Crippen LogP contribution >= 0.6 is 0 Å². The SMILES string of the molecule is C/C=C(\C)C(=O)O.C=CC(=O)OC(C)O.C=CC(=O)OCC. The molecule has 0 aromatic carbocycles. The topological polar surface area (TPSA) is 110 Å². The van der Waals surface area contributed by atoms with Gasteiger partial charge in [-0.25, -0.2) is 14.4 Å². The van der Waals surface area contributed by atoms with Crippen LogP contribution < -0.4 is 0 Å². The predicted molar refractivity (Wildman–Crippen MR) is 81.9 cm³/mol. The van der Waals surface area contributed by atoms with Gasteiger partial charge in [0.05, 0.1) is 6.61 Å². The normalized spacial score (nSPS) is 10.5. The molecule has 0 fully saturated rings. The number of hydrogen-bond acceptors (Lipinski definition) is 6. The fourth-order valence-electron chi connectivity index (χ4n) is 0.541. The second-order valence-electron chi connectivity index (χ2n) is 3.47. The van der Waals surface area contributed by atoms with Crippen molar-refractivity contribution in [1.29, 1.82) is 0 Å². The van der Waals surface area contributed by atoms with Gasteiger partial charge in [0.2, 0.25) is 0 Å². The largest absolute Gasteiger partial charge is 0.478 e. The number of aliphatic hydroxyl groups excluding tert-OH is 1. The van der Waals surface area contributed by atoms with Gasteiger partial charge in [0, 0.05) is 17.7 Å². The molecule has 0 aliphatic carbocycles. The molecule has 2 N–H and O–H groups in total. The zero-order valence-corrected chi connectivity index (χ0v) is 13.4. The van der Waals surface area contributed by atoms with E-state index in [2.05, 4.69) is 22.6 Å². The molecule has 0 rings (SSSR count). The zero-order valence-electron chi connectivity index (χ0n) is 13.4. The number of aliphatic carboxylic acids is 1. The number of esters is 2. The number of allylic oxidation sites excluding steroid dienone is 1. The molecule has 0 spiro atoms. The molecular weight excluding hydrogens is 292 g/mol. The van der Waals surface area contributed by atoms with Crippen LogP contribution in [0.2, 0.25) is 0 Å². The maximum atomic E-state index is 10.1. The number of carbonyl (C=O) groups is 3. The minimum absolute atomic E-state index is 0.359. The maximum absolute atomic E-state index is 10.1. The van der Waals surface area contributed by atoms with Gasteiger partial charge in [-0.05, 0) is 27.7 Å². The molecule has 7 heteroatoms. The number of aliphatic hydroxyl groups is 1. The summed E-state index contributed by atoms with van der Waals surface area (Å²) in [5, 5.41) is 16.5. The van der Waals surface area contributed by atoms with Crippen molar-refractivity contribution in [2.75, 3.05) is 6.61 Å². The standard InChI is InChI=1S/C5H8O3.2C5H8O2/c1-3-5(7)8-4(2)6;1-3-5(6)7-4-2;1-3-4(2)5(6)7/h3-4,6H,1H2,2H3;3H,1,4H2,2H3;3H,1-2H3,(H,6,7)/b;;4-3+. The first-order valence-corrected chi connectivity index (χ1v) is 6.32. The summed E-state index contributed by atoms with van der Waals surface area (Å²) in [4.78, 5) is 30.1. The van der Waals surface area contributed by atoms with Crippen LogP contribution in [0.25, 0.3) is 0 Å². The molecule has 0 bridgehead atoms. The lowest BCUT2D eigenvalue weighted by Crippen LogP contribution is -2.10. The molecule has 22 heavy (non-hydrogen) atoms. The van der Waals surface area contributed by atoms with Crippen LogP contribution in [0.5, 0.6) is 0 Å². The van der Waals surface area contributed by atoms with Gasteiger partial charge in [0.1, 0.15) is 0 Å². The lowest BCUT2D eigenvalue weighted by Gasteiger charge is -2.01. The summed E-state index contributed by atoms with van der Waals surface area (Å²) in [6.45, 7) is 13.1. The third-order valence-corrected chi connectivity index (χ3v) is 1.68. The van der Waals surface area contributed by atoms with Gasteiger partial charge in [0.15, 0.2) is 6.29 Å². The van der Waals surface area contributed by atoms with E-state index in [1.807, 2.05) is 0 Å². The van der Waals surface area contributed by atoms with E-state index in [4.69, 9.17) is 10.2 Å². The van der Waals surface area contributed by atoms with E-state index < -0.39 is 18.2 Å². The number of carboxylic acid groups (broad SMARTS) is 1. The summed E-state index contributed by atoms with van der Waals surface area (Å²) < 4.78 is 8.63. The van der Waals surface area contributed by atoms with Crippen molar-refractivity contribution in [3.05, 3.63) is 37.0 Å². The van der Waals surface area contributed by atoms with Crippen molar-refractivity contribution < 1.29 is 34.1 Å². The van der Waals surface area contributed by atoms with Crippen LogP contribution in [0.1, 0.15) is 27.7 Å². The average Bonchev–Trinajstić information content (AvgIpc) is 2.46. The number of rotatable bonds is 5. The Balaban J connectivity index is -0.000000247. The third-order valence-electron chi connectivity index (χ3n) is 1.68. The second-order valence-corrected chi connectivity index (χ2v) is 3.47. The van der Waals surface area contributed by atoms with Crippen LogP contribution in [0.15, 0.2) is 37.0 Å². The van der Waals surface area contributed by atoms with Gasteiger partial charge in [-0.2, -0.15) is 0 Å². The first-order chi connectivity index (χ1) is 10.2. The summed E-state index contributed by atoms with van der Waals surface area (Å²) in [6, 6.07) is 0. The summed E-state index contributed by atoms with van der Waals surface area (Å²) in [6.07, 6.45) is 2.65. The van der Waals surface area contributed by atoms with Crippen LogP contribution in [-0.2, 0) is 23.9 Å². The zero-order chi connectivity index (χ0) is 18.1. The van der Waals surface area contributed by atoms with Gasteiger partial charge < -0.3 is 19.7 Å². The van der Waals surface area contributed by atoms with Crippen LogP contribution in [-0.4, -0.2) is 41.0 Å². The van der Waals surface area contributed by atoms with Gasteiger partial charge in [-0.15, -0.1) is 0 Å². The smallest absolute Gasteiger partial charge is 0.332 e. The highest BCUT2D eigenvalue weighted by atomic mass is 16.6. The van der Waals surface area contributed by atoms with E-state index in [1.54, 1.807) is 26.8 Å². The van der Waals surface area contributed by atoms with E-state index in [0.29, 0.717) is 12.2 Å². The summed E-state index contributed by atoms with van der Waals surface area (Å²) in [5.41, 5.74) is 0.389.